The number of carbonyl (C=O) groups excluding carboxylic acids is 2. The molecule has 0 fully saturated rings. The first kappa shape index (κ1) is 13.8. The summed E-state index contributed by atoms with van der Waals surface area (Å²) in [7, 11) is 0. The van der Waals surface area contributed by atoms with E-state index in [0.717, 1.165) is 0 Å². The Morgan fingerprint density at radius 2 is 0.955 bits per heavy atom. The molecule has 0 saturated carbocycles. The molecular formula is C18H12N2O2. The highest BCUT2D eigenvalue weighted by molar-refractivity contribution is 6.19. The minimum absolute atomic E-state index is 0.241. The summed E-state index contributed by atoms with van der Waals surface area (Å²) < 4.78 is 0. The van der Waals surface area contributed by atoms with E-state index in [1.54, 1.807) is 48.5 Å². The Labute approximate surface area is 127 Å². The van der Waals surface area contributed by atoms with Gasteiger partial charge in [0.2, 0.25) is 0 Å². The Kier molecular flexibility index (Phi) is 3.83. The molecule has 0 unspecified atom stereocenters. The third kappa shape index (κ3) is 2.67. The molecule has 4 heteroatoms. The number of hydrogen-bond donors (Lipinski definition) is 0. The molecule has 106 valence electrons. The molecule has 0 atom stereocenters. The van der Waals surface area contributed by atoms with Gasteiger partial charge in [0.1, 0.15) is 0 Å². The number of hydrogen-bond acceptors (Lipinski definition) is 4. The standard InChI is InChI=1S/C18H12N2O2/c21-17(13-7-3-1-4-8-13)15-11-19-20-12-16(15)18(22)14-9-5-2-6-10-14/h1-12H. The summed E-state index contributed by atoms with van der Waals surface area (Å²) in [5.41, 5.74) is 1.54. The van der Waals surface area contributed by atoms with Crippen LogP contribution in [0, 0.1) is 0 Å². The number of ketones is 2. The fourth-order valence-electron chi connectivity index (χ4n) is 2.17. The molecule has 0 aliphatic rings. The average molecular weight is 288 g/mol. The van der Waals surface area contributed by atoms with Gasteiger partial charge in [-0.25, -0.2) is 0 Å². The Bertz CT molecular complexity index is 744. The van der Waals surface area contributed by atoms with Crippen LogP contribution in [0.3, 0.4) is 0 Å². The second-order valence-corrected chi connectivity index (χ2v) is 4.71. The Balaban J connectivity index is 2.04. The lowest BCUT2D eigenvalue weighted by Gasteiger charge is -2.07. The number of rotatable bonds is 4. The lowest BCUT2D eigenvalue weighted by molar-refractivity contribution is 0.100. The monoisotopic (exact) mass is 288 g/mol. The third-order valence-electron chi connectivity index (χ3n) is 3.29. The van der Waals surface area contributed by atoms with Gasteiger partial charge in [-0.3, -0.25) is 9.59 Å². The van der Waals surface area contributed by atoms with E-state index in [4.69, 9.17) is 0 Å². The van der Waals surface area contributed by atoms with Crippen molar-refractivity contribution in [3.8, 4) is 0 Å². The normalized spacial score (nSPS) is 10.2. The average Bonchev–Trinajstić information content (AvgIpc) is 2.62. The molecule has 0 aliphatic heterocycles. The van der Waals surface area contributed by atoms with Crippen molar-refractivity contribution >= 4 is 11.6 Å². The van der Waals surface area contributed by atoms with Crippen molar-refractivity contribution in [2.24, 2.45) is 0 Å². The van der Waals surface area contributed by atoms with E-state index in [2.05, 4.69) is 10.2 Å². The number of aromatic nitrogens is 2. The molecule has 22 heavy (non-hydrogen) atoms. The number of carbonyl (C=O) groups is 2. The van der Waals surface area contributed by atoms with Gasteiger partial charge in [-0.05, 0) is 0 Å². The molecule has 3 rings (SSSR count). The van der Waals surface area contributed by atoms with Crippen molar-refractivity contribution in [1.82, 2.24) is 10.2 Å². The van der Waals surface area contributed by atoms with E-state index in [-0.39, 0.29) is 22.7 Å². The molecule has 0 spiro atoms. The highest BCUT2D eigenvalue weighted by Gasteiger charge is 2.20. The Morgan fingerprint density at radius 3 is 1.32 bits per heavy atom. The highest BCUT2D eigenvalue weighted by Crippen LogP contribution is 2.16. The van der Waals surface area contributed by atoms with Crippen molar-refractivity contribution in [3.63, 3.8) is 0 Å². The Morgan fingerprint density at radius 1 is 0.591 bits per heavy atom. The summed E-state index contributed by atoms with van der Waals surface area (Å²) in [6.45, 7) is 0. The predicted molar refractivity (Wildman–Crippen MR) is 81.8 cm³/mol. The fraction of sp³-hybridized carbons (Fsp3) is 0. The van der Waals surface area contributed by atoms with Gasteiger partial charge in [0, 0.05) is 11.1 Å². The van der Waals surface area contributed by atoms with Crippen LogP contribution in [0.15, 0.2) is 73.1 Å². The Hall–Kier alpha value is -3.14. The van der Waals surface area contributed by atoms with Crippen LogP contribution in [-0.4, -0.2) is 21.8 Å². The molecule has 0 radical (unpaired) electrons. The first-order valence-corrected chi connectivity index (χ1v) is 6.77. The summed E-state index contributed by atoms with van der Waals surface area (Å²) in [4.78, 5) is 25.2. The topological polar surface area (TPSA) is 59.9 Å². The van der Waals surface area contributed by atoms with E-state index in [1.165, 1.54) is 12.4 Å². The quantitative estimate of drug-likeness (QED) is 0.692. The first-order valence-electron chi connectivity index (χ1n) is 6.77. The van der Waals surface area contributed by atoms with Crippen LogP contribution in [0.2, 0.25) is 0 Å². The summed E-state index contributed by atoms with van der Waals surface area (Å²) >= 11 is 0. The van der Waals surface area contributed by atoms with Gasteiger partial charge < -0.3 is 0 Å². The van der Waals surface area contributed by atoms with Crippen LogP contribution >= 0.6 is 0 Å². The highest BCUT2D eigenvalue weighted by atomic mass is 16.1. The zero-order valence-electron chi connectivity index (χ0n) is 11.6. The van der Waals surface area contributed by atoms with Crippen molar-refractivity contribution in [2.75, 3.05) is 0 Å². The van der Waals surface area contributed by atoms with Crippen LogP contribution in [0.5, 0.6) is 0 Å². The predicted octanol–water partition coefficient (Wildman–Crippen LogP) is 2.94. The van der Waals surface area contributed by atoms with E-state index < -0.39 is 0 Å². The molecule has 0 amide bonds. The molecule has 0 N–H and O–H groups in total. The van der Waals surface area contributed by atoms with Crippen molar-refractivity contribution in [1.29, 1.82) is 0 Å². The number of benzene rings is 2. The molecule has 0 saturated heterocycles. The zero-order chi connectivity index (χ0) is 15.4. The lowest BCUT2D eigenvalue weighted by Crippen LogP contribution is -2.12. The summed E-state index contributed by atoms with van der Waals surface area (Å²) in [6, 6.07) is 17.6. The number of nitrogens with zero attached hydrogens (tertiary/aromatic N) is 2. The van der Waals surface area contributed by atoms with Crippen molar-refractivity contribution in [3.05, 3.63) is 95.3 Å². The molecule has 3 aromatic rings. The lowest BCUT2D eigenvalue weighted by atomic mass is 9.96. The van der Waals surface area contributed by atoms with Gasteiger partial charge >= 0.3 is 0 Å². The second-order valence-electron chi connectivity index (χ2n) is 4.71. The zero-order valence-corrected chi connectivity index (χ0v) is 11.6. The minimum Gasteiger partial charge on any atom is -0.289 e. The molecule has 1 aromatic heterocycles. The van der Waals surface area contributed by atoms with Gasteiger partial charge in [0.05, 0.1) is 23.5 Å². The SMILES string of the molecule is O=C(c1ccccc1)c1cnncc1C(=O)c1ccccc1. The van der Waals surface area contributed by atoms with E-state index in [9.17, 15) is 9.59 Å². The third-order valence-corrected chi connectivity index (χ3v) is 3.29. The van der Waals surface area contributed by atoms with Crippen LogP contribution in [-0.2, 0) is 0 Å². The maximum atomic E-state index is 12.6. The molecule has 4 nitrogen and oxygen atoms in total. The summed E-state index contributed by atoms with van der Waals surface area (Å²) in [5, 5.41) is 7.49. The minimum atomic E-state index is -0.241. The van der Waals surface area contributed by atoms with Gasteiger partial charge in [-0.2, -0.15) is 10.2 Å². The second kappa shape index (κ2) is 6.10. The van der Waals surface area contributed by atoms with Crippen LogP contribution in [0.25, 0.3) is 0 Å². The van der Waals surface area contributed by atoms with Crippen molar-refractivity contribution in [2.45, 2.75) is 0 Å². The summed E-state index contributed by atoms with van der Waals surface area (Å²) in [6.07, 6.45) is 2.68. The van der Waals surface area contributed by atoms with Crippen molar-refractivity contribution < 1.29 is 9.59 Å². The van der Waals surface area contributed by atoms with Crippen LogP contribution in [0.1, 0.15) is 31.8 Å². The molecule has 1 heterocycles. The van der Waals surface area contributed by atoms with Gasteiger partial charge in [-0.15, -0.1) is 0 Å². The van der Waals surface area contributed by atoms with E-state index in [1.807, 2.05) is 12.1 Å². The van der Waals surface area contributed by atoms with E-state index >= 15 is 0 Å². The van der Waals surface area contributed by atoms with Gasteiger partial charge in [0.15, 0.2) is 11.6 Å². The van der Waals surface area contributed by atoms with E-state index in [0.29, 0.717) is 11.1 Å². The van der Waals surface area contributed by atoms with Gasteiger partial charge in [0.25, 0.3) is 0 Å². The molecule has 2 aromatic carbocycles. The fourth-order valence-corrected chi connectivity index (χ4v) is 2.17. The molecular weight excluding hydrogens is 276 g/mol. The molecule has 0 aliphatic carbocycles. The maximum absolute atomic E-state index is 12.6. The maximum Gasteiger partial charge on any atom is 0.195 e. The van der Waals surface area contributed by atoms with Crippen LogP contribution < -0.4 is 0 Å². The smallest absolute Gasteiger partial charge is 0.195 e. The first-order chi connectivity index (χ1) is 10.8. The van der Waals surface area contributed by atoms with Crippen LogP contribution in [0.4, 0.5) is 0 Å². The van der Waals surface area contributed by atoms with Gasteiger partial charge in [-0.1, -0.05) is 60.7 Å². The largest absolute Gasteiger partial charge is 0.289 e. The summed E-state index contributed by atoms with van der Waals surface area (Å²) in [5.74, 6) is -0.482. The molecule has 0 bridgehead atoms.